The van der Waals surface area contributed by atoms with Crippen molar-refractivity contribution in [3.05, 3.63) is 0 Å². The van der Waals surface area contributed by atoms with Crippen molar-refractivity contribution < 1.29 is 4.79 Å². The van der Waals surface area contributed by atoms with Crippen molar-refractivity contribution in [2.24, 2.45) is 11.8 Å². The van der Waals surface area contributed by atoms with Gasteiger partial charge in [0.1, 0.15) is 0 Å². The van der Waals surface area contributed by atoms with Gasteiger partial charge in [0, 0.05) is 13.1 Å². The van der Waals surface area contributed by atoms with Crippen LogP contribution in [0.5, 0.6) is 0 Å². The van der Waals surface area contributed by atoms with E-state index < -0.39 is 0 Å². The van der Waals surface area contributed by atoms with Crippen LogP contribution in [-0.2, 0) is 4.79 Å². The van der Waals surface area contributed by atoms with Crippen molar-refractivity contribution in [3.63, 3.8) is 0 Å². The molecule has 0 aromatic rings. The summed E-state index contributed by atoms with van der Waals surface area (Å²) in [7, 11) is 1.94. The van der Waals surface area contributed by atoms with Crippen LogP contribution in [0.1, 0.15) is 47.0 Å². The van der Waals surface area contributed by atoms with Crippen LogP contribution in [0.4, 0.5) is 0 Å². The molecule has 1 fully saturated rings. The second kappa shape index (κ2) is 6.39. The number of rotatable bonds is 4. The van der Waals surface area contributed by atoms with E-state index in [2.05, 4.69) is 33.0 Å². The minimum atomic E-state index is 0.0309. The molecule has 0 spiro atoms. The van der Waals surface area contributed by atoms with Crippen LogP contribution >= 0.6 is 0 Å². The van der Waals surface area contributed by atoms with Crippen LogP contribution in [0.15, 0.2) is 0 Å². The third-order valence-corrected chi connectivity index (χ3v) is 3.86. The number of nitrogens with zero attached hydrogens (tertiary/aromatic N) is 1. The Morgan fingerprint density at radius 2 is 2.06 bits per heavy atom. The Morgan fingerprint density at radius 3 is 2.59 bits per heavy atom. The van der Waals surface area contributed by atoms with Gasteiger partial charge in [-0.1, -0.05) is 20.8 Å². The summed E-state index contributed by atoms with van der Waals surface area (Å²) in [6, 6.07) is 0.363. The van der Waals surface area contributed by atoms with Gasteiger partial charge in [0.25, 0.3) is 0 Å². The van der Waals surface area contributed by atoms with E-state index in [1.54, 1.807) is 0 Å². The fourth-order valence-electron chi connectivity index (χ4n) is 2.66. The Kier molecular flexibility index (Phi) is 5.44. The summed E-state index contributed by atoms with van der Waals surface area (Å²) in [4.78, 5) is 14.3. The number of nitrogens with one attached hydrogen (secondary N) is 1. The van der Waals surface area contributed by atoms with Gasteiger partial charge in [-0.3, -0.25) is 4.79 Å². The number of piperidine rings is 1. The van der Waals surface area contributed by atoms with Gasteiger partial charge in [-0.25, -0.2) is 0 Å². The molecule has 1 aliphatic rings. The van der Waals surface area contributed by atoms with Gasteiger partial charge in [-0.05, 0) is 44.6 Å². The first kappa shape index (κ1) is 14.5. The molecule has 0 saturated carbocycles. The summed E-state index contributed by atoms with van der Waals surface area (Å²) < 4.78 is 0. The van der Waals surface area contributed by atoms with Crippen molar-refractivity contribution in [2.45, 2.75) is 59.0 Å². The Balaban J connectivity index is 2.55. The number of carbonyl (C=O) groups excluding carboxylic acids is 1. The van der Waals surface area contributed by atoms with Crippen molar-refractivity contribution in [1.29, 1.82) is 0 Å². The van der Waals surface area contributed by atoms with E-state index in [9.17, 15) is 4.79 Å². The topological polar surface area (TPSA) is 32.3 Å². The highest BCUT2D eigenvalue weighted by molar-refractivity contribution is 5.82. The Bertz CT molecular complexity index is 253. The van der Waals surface area contributed by atoms with E-state index in [-0.39, 0.29) is 11.9 Å². The third kappa shape index (κ3) is 3.98. The maximum atomic E-state index is 12.4. The van der Waals surface area contributed by atoms with Crippen molar-refractivity contribution in [1.82, 2.24) is 10.2 Å². The Labute approximate surface area is 106 Å². The van der Waals surface area contributed by atoms with Crippen molar-refractivity contribution in [2.75, 3.05) is 13.6 Å². The average molecular weight is 240 g/mol. The van der Waals surface area contributed by atoms with E-state index >= 15 is 0 Å². The SMILES string of the molecule is CC(C)CC(C)N(C)C(=O)C1NCCCC1C. The molecule has 1 aliphatic heterocycles. The summed E-state index contributed by atoms with van der Waals surface area (Å²) in [5.41, 5.74) is 0. The average Bonchev–Trinajstić information content (AvgIpc) is 2.27. The van der Waals surface area contributed by atoms with Crippen LogP contribution in [-0.4, -0.2) is 36.5 Å². The van der Waals surface area contributed by atoms with Gasteiger partial charge in [0.05, 0.1) is 6.04 Å². The molecule has 3 heteroatoms. The first-order valence-electron chi connectivity index (χ1n) is 6.93. The molecule has 1 amide bonds. The van der Waals surface area contributed by atoms with Gasteiger partial charge in [-0.2, -0.15) is 0 Å². The molecule has 0 aliphatic carbocycles. The smallest absolute Gasteiger partial charge is 0.239 e. The Hall–Kier alpha value is -0.570. The Morgan fingerprint density at radius 1 is 1.41 bits per heavy atom. The molecule has 0 aromatic heterocycles. The van der Waals surface area contributed by atoms with E-state index in [0.29, 0.717) is 17.9 Å². The molecule has 3 atom stereocenters. The minimum absolute atomic E-state index is 0.0309. The van der Waals surface area contributed by atoms with Crippen LogP contribution in [0, 0.1) is 11.8 Å². The summed E-state index contributed by atoms with van der Waals surface area (Å²) in [6.45, 7) is 9.71. The second-order valence-corrected chi connectivity index (χ2v) is 5.98. The highest BCUT2D eigenvalue weighted by atomic mass is 16.2. The minimum Gasteiger partial charge on any atom is -0.342 e. The molecule has 1 heterocycles. The predicted molar refractivity (Wildman–Crippen MR) is 71.9 cm³/mol. The predicted octanol–water partition coefficient (Wildman–Crippen LogP) is 2.27. The molecule has 0 bridgehead atoms. The van der Waals surface area contributed by atoms with Crippen molar-refractivity contribution in [3.8, 4) is 0 Å². The molecule has 1 rings (SSSR count). The zero-order valence-electron chi connectivity index (χ0n) is 12.0. The lowest BCUT2D eigenvalue weighted by molar-refractivity contribution is -0.136. The van der Waals surface area contributed by atoms with Crippen LogP contribution < -0.4 is 5.32 Å². The highest BCUT2D eigenvalue weighted by Crippen LogP contribution is 2.19. The summed E-state index contributed by atoms with van der Waals surface area (Å²) in [5, 5.41) is 3.37. The summed E-state index contributed by atoms with van der Waals surface area (Å²) >= 11 is 0. The molecular weight excluding hydrogens is 212 g/mol. The third-order valence-electron chi connectivity index (χ3n) is 3.86. The molecule has 1 saturated heterocycles. The normalized spacial score (nSPS) is 26.9. The second-order valence-electron chi connectivity index (χ2n) is 5.98. The maximum absolute atomic E-state index is 12.4. The summed E-state index contributed by atoms with van der Waals surface area (Å²) in [6.07, 6.45) is 3.43. The van der Waals surface area contributed by atoms with Crippen molar-refractivity contribution >= 4 is 5.91 Å². The number of amides is 1. The number of carbonyl (C=O) groups is 1. The van der Waals surface area contributed by atoms with E-state index in [1.807, 2.05) is 11.9 Å². The molecule has 17 heavy (non-hydrogen) atoms. The molecule has 0 aromatic carbocycles. The molecule has 1 N–H and O–H groups in total. The van der Waals surface area contributed by atoms with E-state index in [4.69, 9.17) is 0 Å². The zero-order valence-corrected chi connectivity index (χ0v) is 12.0. The quantitative estimate of drug-likeness (QED) is 0.817. The van der Waals surface area contributed by atoms with Gasteiger partial charge in [0.2, 0.25) is 5.91 Å². The van der Waals surface area contributed by atoms with Crippen LogP contribution in [0.25, 0.3) is 0 Å². The lowest BCUT2D eigenvalue weighted by Gasteiger charge is -2.35. The highest BCUT2D eigenvalue weighted by Gasteiger charge is 2.31. The first-order chi connectivity index (χ1) is 7.93. The van der Waals surface area contributed by atoms with Crippen LogP contribution in [0.2, 0.25) is 0 Å². The molecule has 3 unspecified atom stereocenters. The number of likely N-dealkylation sites (N-methyl/N-ethyl adjacent to an activating group) is 1. The number of hydrogen-bond donors (Lipinski definition) is 1. The lowest BCUT2D eigenvalue weighted by atomic mass is 9.91. The van der Waals surface area contributed by atoms with Gasteiger partial charge in [0.15, 0.2) is 0 Å². The molecular formula is C14H28N2O. The molecule has 100 valence electrons. The monoisotopic (exact) mass is 240 g/mol. The fraction of sp³-hybridized carbons (Fsp3) is 0.929. The summed E-state index contributed by atoms with van der Waals surface area (Å²) in [5.74, 6) is 1.37. The van der Waals surface area contributed by atoms with Gasteiger partial charge in [-0.15, -0.1) is 0 Å². The molecule has 3 nitrogen and oxygen atoms in total. The lowest BCUT2D eigenvalue weighted by Crippen LogP contribution is -2.53. The van der Waals surface area contributed by atoms with E-state index in [1.165, 1.54) is 6.42 Å². The number of hydrogen-bond acceptors (Lipinski definition) is 2. The zero-order chi connectivity index (χ0) is 13.0. The van der Waals surface area contributed by atoms with Gasteiger partial charge < -0.3 is 10.2 Å². The van der Waals surface area contributed by atoms with Gasteiger partial charge >= 0.3 is 0 Å². The van der Waals surface area contributed by atoms with E-state index in [0.717, 1.165) is 19.4 Å². The molecule has 0 radical (unpaired) electrons. The van der Waals surface area contributed by atoms with Crippen LogP contribution in [0.3, 0.4) is 0 Å². The largest absolute Gasteiger partial charge is 0.342 e. The standard InChI is InChI=1S/C14H28N2O/c1-10(2)9-12(4)16(5)14(17)13-11(3)7-6-8-15-13/h10-13,15H,6-9H2,1-5H3. The maximum Gasteiger partial charge on any atom is 0.239 e. The first-order valence-corrected chi connectivity index (χ1v) is 6.93. The fourth-order valence-corrected chi connectivity index (χ4v) is 2.66.